The molecule has 1 aromatic carbocycles. The van der Waals surface area contributed by atoms with Crippen molar-refractivity contribution >= 4 is 23.5 Å². The highest BCUT2D eigenvalue weighted by molar-refractivity contribution is 6.32. The smallest absolute Gasteiger partial charge is 0.308 e. The fraction of sp³-hybridized carbons (Fsp3) is 0.385. The van der Waals surface area contributed by atoms with Crippen molar-refractivity contribution in [2.75, 3.05) is 19.8 Å². The van der Waals surface area contributed by atoms with Crippen LogP contribution in [0.25, 0.3) is 0 Å². The molecule has 0 fully saturated rings. The van der Waals surface area contributed by atoms with Gasteiger partial charge in [0.25, 0.3) is 5.91 Å². The molecule has 2 rings (SSSR count). The number of ether oxygens (including phenoxy) is 2. The summed E-state index contributed by atoms with van der Waals surface area (Å²) in [6.07, 6.45) is 0. The lowest BCUT2D eigenvalue weighted by molar-refractivity contribution is -0.140. The highest BCUT2D eigenvalue weighted by Gasteiger charge is 2.20. The predicted octanol–water partition coefficient (Wildman–Crippen LogP) is 1.56. The summed E-state index contributed by atoms with van der Waals surface area (Å²) in [5.74, 6) is -1.19. The van der Waals surface area contributed by atoms with E-state index in [1.54, 1.807) is 0 Å². The second-order valence-electron chi connectivity index (χ2n) is 4.43. The van der Waals surface area contributed by atoms with Gasteiger partial charge in [0.05, 0.1) is 10.9 Å². The Hall–Kier alpha value is -1.95. The maximum atomic E-state index is 12.0. The van der Waals surface area contributed by atoms with Crippen LogP contribution in [0.4, 0.5) is 0 Å². The lowest BCUT2D eigenvalue weighted by Gasteiger charge is -2.20. The Morgan fingerprint density at radius 1 is 1.40 bits per heavy atom. The minimum Gasteiger partial charge on any atom is -0.486 e. The number of carbonyl (C=O) groups is 2. The van der Waals surface area contributed by atoms with Gasteiger partial charge in [0.15, 0.2) is 11.5 Å². The van der Waals surface area contributed by atoms with Crippen molar-refractivity contribution in [3.63, 3.8) is 0 Å². The number of rotatable bonds is 4. The third-order valence-electron chi connectivity index (χ3n) is 2.85. The Bertz CT molecular complexity index is 546. The Balaban J connectivity index is 2.10. The summed E-state index contributed by atoms with van der Waals surface area (Å²) < 4.78 is 10.7. The van der Waals surface area contributed by atoms with E-state index in [2.05, 4.69) is 5.32 Å². The van der Waals surface area contributed by atoms with Crippen LogP contribution in [0.2, 0.25) is 5.02 Å². The zero-order valence-corrected chi connectivity index (χ0v) is 11.6. The average Bonchev–Trinajstić information content (AvgIpc) is 2.44. The van der Waals surface area contributed by atoms with E-state index in [4.69, 9.17) is 26.2 Å². The number of carbonyl (C=O) groups excluding carboxylic acids is 1. The van der Waals surface area contributed by atoms with Crippen LogP contribution in [0, 0.1) is 5.92 Å². The number of carboxylic acid groups (broad SMARTS) is 1. The molecule has 1 aliphatic heterocycles. The van der Waals surface area contributed by atoms with E-state index in [-0.39, 0.29) is 6.54 Å². The topological polar surface area (TPSA) is 84.9 Å². The third-order valence-corrected chi connectivity index (χ3v) is 3.13. The zero-order valence-electron chi connectivity index (χ0n) is 10.8. The van der Waals surface area contributed by atoms with E-state index in [0.717, 1.165) is 0 Å². The number of hydrogen-bond donors (Lipinski definition) is 2. The van der Waals surface area contributed by atoms with Gasteiger partial charge in [0, 0.05) is 12.1 Å². The second kappa shape index (κ2) is 6.00. The second-order valence-corrected chi connectivity index (χ2v) is 4.84. The lowest BCUT2D eigenvalue weighted by atomic mass is 10.1. The molecular weight excluding hydrogens is 286 g/mol. The van der Waals surface area contributed by atoms with Crippen molar-refractivity contribution in [3.05, 3.63) is 22.7 Å². The molecule has 0 aliphatic carbocycles. The summed E-state index contributed by atoms with van der Waals surface area (Å²) in [4.78, 5) is 22.6. The standard InChI is InChI=1S/C13H14ClNO5/c1-7(13(17)18)6-15-12(16)8-4-9(14)11-10(5-8)19-2-3-20-11/h4-5,7H,2-3,6H2,1H3,(H,15,16)(H,17,18)/t7-/m1/s1. The normalized spacial score (nSPS) is 14.5. The van der Waals surface area contributed by atoms with Gasteiger partial charge in [0.1, 0.15) is 13.2 Å². The molecule has 1 heterocycles. The average molecular weight is 300 g/mol. The number of aliphatic carboxylic acids is 1. The molecule has 0 radical (unpaired) electrons. The lowest BCUT2D eigenvalue weighted by Crippen LogP contribution is -2.31. The quantitative estimate of drug-likeness (QED) is 0.881. The van der Waals surface area contributed by atoms with Crippen LogP contribution in [0.5, 0.6) is 11.5 Å². The molecule has 0 spiro atoms. The number of fused-ring (bicyclic) bond motifs is 1. The Morgan fingerprint density at radius 2 is 2.10 bits per heavy atom. The van der Waals surface area contributed by atoms with Crippen LogP contribution in [-0.2, 0) is 4.79 Å². The maximum absolute atomic E-state index is 12.0. The van der Waals surface area contributed by atoms with Crippen molar-refractivity contribution in [2.24, 2.45) is 5.92 Å². The van der Waals surface area contributed by atoms with Gasteiger partial charge in [-0.3, -0.25) is 9.59 Å². The fourth-order valence-electron chi connectivity index (χ4n) is 1.68. The van der Waals surface area contributed by atoms with Crippen molar-refractivity contribution in [2.45, 2.75) is 6.92 Å². The van der Waals surface area contributed by atoms with Crippen LogP contribution in [0.3, 0.4) is 0 Å². The summed E-state index contributed by atoms with van der Waals surface area (Å²) in [6, 6.07) is 3.00. The van der Waals surface area contributed by atoms with E-state index in [1.807, 2.05) is 0 Å². The van der Waals surface area contributed by atoms with E-state index in [1.165, 1.54) is 19.1 Å². The number of halogens is 1. The molecule has 1 aliphatic rings. The monoisotopic (exact) mass is 299 g/mol. The number of benzene rings is 1. The molecule has 1 atom stereocenters. The van der Waals surface area contributed by atoms with Gasteiger partial charge in [-0.25, -0.2) is 0 Å². The van der Waals surface area contributed by atoms with E-state index in [9.17, 15) is 9.59 Å². The van der Waals surface area contributed by atoms with Crippen molar-refractivity contribution < 1.29 is 24.2 Å². The Labute approximate surface area is 120 Å². The third kappa shape index (κ3) is 3.14. The molecule has 6 nitrogen and oxygen atoms in total. The van der Waals surface area contributed by atoms with Crippen molar-refractivity contribution in [1.82, 2.24) is 5.32 Å². The molecule has 0 saturated heterocycles. The van der Waals surface area contributed by atoms with Gasteiger partial charge in [-0.05, 0) is 12.1 Å². The minimum atomic E-state index is -0.967. The number of hydrogen-bond acceptors (Lipinski definition) is 4. The van der Waals surface area contributed by atoms with Crippen LogP contribution < -0.4 is 14.8 Å². The van der Waals surface area contributed by atoms with Gasteiger partial charge in [-0.2, -0.15) is 0 Å². The number of nitrogens with one attached hydrogen (secondary N) is 1. The fourth-order valence-corrected chi connectivity index (χ4v) is 1.94. The van der Waals surface area contributed by atoms with Crippen LogP contribution in [0.1, 0.15) is 17.3 Å². The highest BCUT2D eigenvalue weighted by Crippen LogP contribution is 2.38. The zero-order chi connectivity index (χ0) is 14.7. The molecule has 1 aromatic rings. The van der Waals surface area contributed by atoms with E-state index in [0.29, 0.717) is 35.3 Å². The van der Waals surface area contributed by atoms with Gasteiger partial charge in [0.2, 0.25) is 0 Å². The molecule has 0 saturated carbocycles. The Kier molecular flexibility index (Phi) is 4.34. The SMILES string of the molecule is C[C@H](CNC(=O)c1cc(Cl)c2c(c1)OCCO2)C(=O)O. The molecule has 7 heteroatoms. The summed E-state index contributed by atoms with van der Waals surface area (Å²) in [7, 11) is 0. The minimum absolute atomic E-state index is 0.0419. The largest absolute Gasteiger partial charge is 0.486 e. The predicted molar refractivity (Wildman–Crippen MR) is 71.6 cm³/mol. The molecule has 1 amide bonds. The van der Waals surface area contributed by atoms with Crippen LogP contribution in [0.15, 0.2) is 12.1 Å². The van der Waals surface area contributed by atoms with Crippen molar-refractivity contribution in [1.29, 1.82) is 0 Å². The summed E-state index contributed by atoms with van der Waals surface area (Å²) >= 11 is 6.03. The van der Waals surface area contributed by atoms with Crippen LogP contribution >= 0.6 is 11.6 Å². The Morgan fingerprint density at radius 3 is 2.80 bits per heavy atom. The summed E-state index contributed by atoms with van der Waals surface area (Å²) in [6.45, 7) is 2.36. The molecule has 0 bridgehead atoms. The van der Waals surface area contributed by atoms with Gasteiger partial charge in [-0.15, -0.1) is 0 Å². The van der Waals surface area contributed by atoms with Gasteiger partial charge < -0.3 is 19.9 Å². The van der Waals surface area contributed by atoms with E-state index >= 15 is 0 Å². The summed E-state index contributed by atoms with van der Waals surface area (Å²) in [5.41, 5.74) is 0.303. The first-order valence-corrected chi connectivity index (χ1v) is 6.47. The number of amides is 1. The molecule has 0 unspecified atom stereocenters. The molecule has 20 heavy (non-hydrogen) atoms. The highest BCUT2D eigenvalue weighted by atomic mass is 35.5. The van der Waals surface area contributed by atoms with Crippen LogP contribution in [-0.4, -0.2) is 36.7 Å². The molecule has 108 valence electrons. The van der Waals surface area contributed by atoms with Gasteiger partial charge >= 0.3 is 5.97 Å². The van der Waals surface area contributed by atoms with Crippen molar-refractivity contribution in [3.8, 4) is 11.5 Å². The first-order valence-electron chi connectivity index (χ1n) is 6.09. The molecule has 0 aromatic heterocycles. The molecule has 2 N–H and O–H groups in total. The maximum Gasteiger partial charge on any atom is 0.308 e. The number of carboxylic acids is 1. The van der Waals surface area contributed by atoms with E-state index < -0.39 is 17.8 Å². The first kappa shape index (κ1) is 14.5. The molecular formula is C13H14ClNO5. The first-order chi connectivity index (χ1) is 9.49. The summed E-state index contributed by atoms with van der Waals surface area (Å²) in [5, 5.41) is 11.6. The van der Waals surface area contributed by atoms with Gasteiger partial charge in [-0.1, -0.05) is 18.5 Å².